The topological polar surface area (TPSA) is 38.3 Å². The monoisotopic (exact) mass is 343 g/mol. The van der Waals surface area contributed by atoms with Gasteiger partial charge in [-0.3, -0.25) is 4.79 Å². The third-order valence-corrected chi connectivity index (χ3v) is 3.08. The van der Waals surface area contributed by atoms with Crippen molar-refractivity contribution in [3.8, 4) is 5.75 Å². The summed E-state index contributed by atoms with van der Waals surface area (Å²) >= 11 is 5.86. The maximum atomic E-state index is 12.1. The molecule has 0 radical (unpaired) electrons. The van der Waals surface area contributed by atoms with Crippen LogP contribution in [0.15, 0.2) is 48.5 Å². The average Bonchev–Trinajstić information content (AvgIpc) is 2.50. The van der Waals surface area contributed by atoms with E-state index in [1.807, 2.05) is 11.4 Å². The molecule has 122 valence electrons. The highest BCUT2D eigenvalue weighted by molar-refractivity contribution is 6.30. The number of carbonyl (C=O) groups excluding carboxylic acids is 1. The highest BCUT2D eigenvalue weighted by atomic mass is 35.5. The molecule has 0 aliphatic rings. The minimum absolute atomic E-state index is 0.0952. The van der Waals surface area contributed by atoms with Gasteiger partial charge in [-0.25, -0.2) is 0 Å². The first-order valence-corrected chi connectivity index (χ1v) is 7.03. The second-order valence-corrected chi connectivity index (χ2v) is 5.18. The van der Waals surface area contributed by atoms with Crippen molar-refractivity contribution < 1.29 is 22.7 Å². The molecular formula is C16H13ClF3NO2. The fourth-order valence-corrected chi connectivity index (χ4v) is 2.02. The van der Waals surface area contributed by atoms with Gasteiger partial charge in [0, 0.05) is 10.6 Å². The van der Waals surface area contributed by atoms with E-state index in [0.717, 1.165) is 5.56 Å². The van der Waals surface area contributed by atoms with Gasteiger partial charge in [0.25, 0.3) is 5.91 Å². The summed E-state index contributed by atoms with van der Waals surface area (Å²) in [6.45, 7) is -1.15. The Labute approximate surface area is 136 Å². The third-order valence-electron chi connectivity index (χ3n) is 2.84. The summed E-state index contributed by atoms with van der Waals surface area (Å²) < 4.78 is 41.8. The van der Waals surface area contributed by atoms with Crippen LogP contribution in [0, 0.1) is 0 Å². The number of hydrogen-bond donors (Lipinski definition) is 1. The van der Waals surface area contributed by atoms with Gasteiger partial charge in [0.05, 0.1) is 0 Å². The molecule has 3 nitrogen and oxygen atoms in total. The fraction of sp³-hybridized carbons (Fsp3) is 0.188. The van der Waals surface area contributed by atoms with Crippen LogP contribution in [0.5, 0.6) is 5.75 Å². The molecule has 0 bridgehead atoms. The molecule has 0 fully saturated rings. The van der Waals surface area contributed by atoms with E-state index in [-0.39, 0.29) is 12.2 Å². The van der Waals surface area contributed by atoms with Crippen LogP contribution in [-0.4, -0.2) is 18.6 Å². The van der Waals surface area contributed by atoms with Crippen molar-refractivity contribution in [1.29, 1.82) is 0 Å². The first-order chi connectivity index (χ1) is 10.8. The molecule has 0 saturated carbocycles. The molecule has 0 heterocycles. The van der Waals surface area contributed by atoms with Crippen LogP contribution in [0.4, 0.5) is 13.2 Å². The number of nitrogens with one attached hydrogen (secondary N) is 1. The molecule has 2 rings (SSSR count). The smallest absolute Gasteiger partial charge is 0.405 e. The lowest BCUT2D eigenvalue weighted by atomic mass is 10.2. The highest BCUT2D eigenvalue weighted by Crippen LogP contribution is 2.18. The van der Waals surface area contributed by atoms with Gasteiger partial charge in [-0.15, -0.1) is 0 Å². The van der Waals surface area contributed by atoms with Crippen molar-refractivity contribution in [3.63, 3.8) is 0 Å². The predicted octanol–water partition coefficient (Wildman–Crippen LogP) is 4.21. The zero-order valence-electron chi connectivity index (χ0n) is 11.9. The van der Waals surface area contributed by atoms with Gasteiger partial charge in [0.1, 0.15) is 18.9 Å². The molecular weight excluding hydrogens is 331 g/mol. The van der Waals surface area contributed by atoms with E-state index in [0.29, 0.717) is 10.8 Å². The number of ether oxygens (including phenoxy) is 1. The van der Waals surface area contributed by atoms with Crippen molar-refractivity contribution in [2.45, 2.75) is 12.8 Å². The average molecular weight is 344 g/mol. The molecule has 23 heavy (non-hydrogen) atoms. The normalized spacial score (nSPS) is 11.1. The van der Waals surface area contributed by atoms with Crippen LogP contribution in [0.1, 0.15) is 15.9 Å². The Hall–Kier alpha value is -2.21. The number of halogens is 4. The number of hydrogen-bond acceptors (Lipinski definition) is 2. The molecule has 0 aliphatic heterocycles. The molecule has 2 aromatic carbocycles. The van der Waals surface area contributed by atoms with Crippen molar-refractivity contribution in [2.24, 2.45) is 0 Å². The minimum Gasteiger partial charge on any atom is -0.489 e. The molecule has 2 aromatic rings. The first-order valence-electron chi connectivity index (χ1n) is 6.66. The molecule has 7 heteroatoms. The quantitative estimate of drug-likeness (QED) is 0.883. The molecule has 0 aliphatic carbocycles. The molecule has 0 spiro atoms. The maximum Gasteiger partial charge on any atom is 0.405 e. The SMILES string of the molecule is O=C(NCC(F)(F)F)c1cccc(OCc2cccc(Cl)c2)c1. The zero-order chi connectivity index (χ0) is 16.9. The lowest BCUT2D eigenvalue weighted by Gasteiger charge is -2.10. The number of benzene rings is 2. The van der Waals surface area contributed by atoms with Gasteiger partial charge >= 0.3 is 6.18 Å². The standard InChI is InChI=1S/C16H13ClF3NO2/c17-13-5-1-3-11(7-13)9-23-14-6-2-4-12(8-14)15(22)21-10-16(18,19)20/h1-8H,9-10H2,(H,21,22). The van der Waals surface area contributed by atoms with Crippen molar-refractivity contribution >= 4 is 17.5 Å². The van der Waals surface area contributed by atoms with Crippen LogP contribution >= 0.6 is 11.6 Å². The summed E-state index contributed by atoms with van der Waals surface area (Å²) in [4.78, 5) is 11.7. The van der Waals surface area contributed by atoms with E-state index in [9.17, 15) is 18.0 Å². The number of carbonyl (C=O) groups is 1. The predicted molar refractivity (Wildman–Crippen MR) is 80.6 cm³/mol. The van der Waals surface area contributed by atoms with Crippen LogP contribution in [0.3, 0.4) is 0 Å². The van der Waals surface area contributed by atoms with Crippen molar-refractivity contribution in [2.75, 3.05) is 6.54 Å². The second-order valence-electron chi connectivity index (χ2n) is 4.74. The van der Waals surface area contributed by atoms with Gasteiger partial charge < -0.3 is 10.1 Å². The van der Waals surface area contributed by atoms with Gasteiger partial charge in [-0.1, -0.05) is 29.8 Å². The van der Waals surface area contributed by atoms with Gasteiger partial charge in [0.15, 0.2) is 0 Å². The first kappa shape index (κ1) is 17.1. The van der Waals surface area contributed by atoms with Crippen LogP contribution < -0.4 is 10.1 Å². The van der Waals surface area contributed by atoms with E-state index >= 15 is 0 Å². The number of rotatable bonds is 5. The Morgan fingerprint density at radius 3 is 2.57 bits per heavy atom. The van der Waals surface area contributed by atoms with E-state index < -0.39 is 18.6 Å². The Bertz CT molecular complexity index is 689. The maximum absolute atomic E-state index is 12.1. The largest absolute Gasteiger partial charge is 0.489 e. The fourth-order valence-electron chi connectivity index (χ4n) is 1.80. The minimum atomic E-state index is -4.45. The Morgan fingerprint density at radius 1 is 1.13 bits per heavy atom. The van der Waals surface area contributed by atoms with E-state index in [4.69, 9.17) is 16.3 Å². The van der Waals surface area contributed by atoms with Crippen molar-refractivity contribution in [1.82, 2.24) is 5.32 Å². The van der Waals surface area contributed by atoms with Crippen LogP contribution in [0.25, 0.3) is 0 Å². The summed E-state index contributed by atoms with van der Waals surface area (Å²) in [6.07, 6.45) is -4.45. The molecule has 0 unspecified atom stereocenters. The van der Waals surface area contributed by atoms with E-state index in [2.05, 4.69) is 0 Å². The van der Waals surface area contributed by atoms with Gasteiger partial charge in [-0.2, -0.15) is 13.2 Å². The van der Waals surface area contributed by atoms with Gasteiger partial charge in [-0.05, 0) is 35.9 Å². The highest BCUT2D eigenvalue weighted by Gasteiger charge is 2.27. The van der Waals surface area contributed by atoms with Crippen LogP contribution in [0.2, 0.25) is 5.02 Å². The lowest BCUT2D eigenvalue weighted by Crippen LogP contribution is -2.33. The molecule has 1 amide bonds. The molecule has 1 N–H and O–H groups in total. The van der Waals surface area contributed by atoms with Crippen molar-refractivity contribution in [3.05, 3.63) is 64.7 Å². The molecule has 0 atom stereocenters. The van der Waals surface area contributed by atoms with E-state index in [1.54, 1.807) is 24.3 Å². The van der Waals surface area contributed by atoms with Gasteiger partial charge in [0.2, 0.25) is 0 Å². The summed E-state index contributed by atoms with van der Waals surface area (Å²) in [5, 5.41) is 2.39. The molecule has 0 aromatic heterocycles. The summed E-state index contributed by atoms with van der Waals surface area (Å²) in [7, 11) is 0. The van der Waals surface area contributed by atoms with E-state index in [1.165, 1.54) is 18.2 Å². The Balaban J connectivity index is 1.98. The Kier molecular flexibility index (Phi) is 5.50. The summed E-state index contributed by atoms with van der Waals surface area (Å²) in [5.74, 6) is -0.430. The zero-order valence-corrected chi connectivity index (χ0v) is 12.6. The third kappa shape index (κ3) is 5.83. The summed E-state index contributed by atoms with van der Waals surface area (Å²) in [6, 6.07) is 13.0. The number of amides is 1. The summed E-state index contributed by atoms with van der Waals surface area (Å²) in [5.41, 5.74) is 0.933. The Morgan fingerprint density at radius 2 is 1.87 bits per heavy atom. The lowest BCUT2D eigenvalue weighted by molar-refractivity contribution is -0.123. The van der Waals surface area contributed by atoms with Crippen LogP contribution in [-0.2, 0) is 6.61 Å². The number of alkyl halides is 3. The molecule has 0 saturated heterocycles. The second kappa shape index (κ2) is 7.37.